The van der Waals surface area contributed by atoms with E-state index in [1.807, 2.05) is 26.0 Å². The van der Waals surface area contributed by atoms with E-state index in [9.17, 15) is 9.59 Å². The summed E-state index contributed by atoms with van der Waals surface area (Å²) in [6.45, 7) is 4.80. The molecule has 0 atom stereocenters. The maximum absolute atomic E-state index is 12.3. The Kier molecular flexibility index (Phi) is 2.74. The number of allylic oxidation sites excluding steroid dienone is 2. The second kappa shape index (κ2) is 3.92. The van der Waals surface area contributed by atoms with Crippen molar-refractivity contribution in [2.24, 2.45) is 5.92 Å². The van der Waals surface area contributed by atoms with E-state index in [4.69, 9.17) is 0 Å². The molecule has 2 aliphatic rings. The van der Waals surface area contributed by atoms with Crippen LogP contribution in [0.5, 0.6) is 0 Å². The van der Waals surface area contributed by atoms with Gasteiger partial charge in [0, 0.05) is 19.0 Å². The summed E-state index contributed by atoms with van der Waals surface area (Å²) in [6, 6.07) is 0. The number of amides is 2. The Balaban J connectivity index is 2.12. The van der Waals surface area contributed by atoms with Gasteiger partial charge in [-0.2, -0.15) is 0 Å². The number of nitrogens with one attached hydrogen (secondary N) is 1. The highest BCUT2D eigenvalue weighted by molar-refractivity contribution is 5.92. The van der Waals surface area contributed by atoms with Crippen molar-refractivity contribution in [3.63, 3.8) is 0 Å². The van der Waals surface area contributed by atoms with E-state index in [0.717, 1.165) is 12.8 Å². The number of hydrogen-bond donors (Lipinski definition) is 1. The Morgan fingerprint density at radius 3 is 2.69 bits per heavy atom. The molecule has 1 aliphatic carbocycles. The van der Waals surface area contributed by atoms with E-state index in [2.05, 4.69) is 5.32 Å². The molecule has 0 unspecified atom stereocenters. The van der Waals surface area contributed by atoms with Crippen LogP contribution in [-0.4, -0.2) is 35.3 Å². The third kappa shape index (κ3) is 1.72. The molecular formula is C12H18N2O2. The summed E-state index contributed by atoms with van der Waals surface area (Å²) >= 11 is 0. The van der Waals surface area contributed by atoms with E-state index >= 15 is 0 Å². The van der Waals surface area contributed by atoms with Gasteiger partial charge in [-0.25, -0.2) is 0 Å². The first kappa shape index (κ1) is 11.2. The van der Waals surface area contributed by atoms with E-state index in [1.165, 1.54) is 0 Å². The molecule has 0 radical (unpaired) electrons. The summed E-state index contributed by atoms with van der Waals surface area (Å²) in [7, 11) is 0. The molecule has 0 aromatic rings. The molecule has 0 aromatic carbocycles. The zero-order valence-corrected chi connectivity index (χ0v) is 9.82. The lowest BCUT2D eigenvalue weighted by atomic mass is 9.95. The molecule has 4 heteroatoms. The highest BCUT2D eigenvalue weighted by Gasteiger charge is 2.42. The van der Waals surface area contributed by atoms with Crippen LogP contribution in [0.3, 0.4) is 0 Å². The normalized spacial score (nSPS) is 24.6. The second-order valence-electron chi connectivity index (χ2n) is 4.94. The third-order valence-electron chi connectivity index (χ3n) is 3.47. The summed E-state index contributed by atoms with van der Waals surface area (Å²) in [5, 5.41) is 2.80. The lowest BCUT2D eigenvalue weighted by molar-refractivity contribution is -0.151. The smallest absolute Gasteiger partial charge is 0.245 e. The largest absolute Gasteiger partial charge is 0.352 e. The number of piperazine rings is 1. The molecule has 16 heavy (non-hydrogen) atoms. The molecule has 0 aromatic heterocycles. The fourth-order valence-corrected chi connectivity index (χ4v) is 2.32. The molecule has 1 saturated heterocycles. The molecule has 1 N–H and O–H groups in total. The average molecular weight is 222 g/mol. The predicted octanol–water partition coefficient (Wildman–Crippen LogP) is 0.690. The first-order valence-corrected chi connectivity index (χ1v) is 5.78. The topological polar surface area (TPSA) is 49.4 Å². The molecule has 2 rings (SSSR count). The third-order valence-corrected chi connectivity index (χ3v) is 3.47. The van der Waals surface area contributed by atoms with Gasteiger partial charge in [0.05, 0.1) is 0 Å². The van der Waals surface area contributed by atoms with Gasteiger partial charge in [-0.05, 0) is 26.7 Å². The standard InChI is InChI=1S/C12H18N2O2/c1-12(2)11(16)13-7-8-14(12)10(15)9-5-3-4-6-9/h3-4,9H,5-8H2,1-2H3,(H,13,16). The van der Waals surface area contributed by atoms with Crippen LogP contribution in [-0.2, 0) is 9.59 Å². The molecule has 1 fully saturated rings. The second-order valence-corrected chi connectivity index (χ2v) is 4.94. The summed E-state index contributed by atoms with van der Waals surface area (Å²) in [6.07, 6.45) is 5.71. The lowest BCUT2D eigenvalue weighted by Crippen LogP contribution is -2.64. The van der Waals surface area contributed by atoms with Gasteiger partial charge in [-0.3, -0.25) is 9.59 Å². The van der Waals surface area contributed by atoms with Crippen molar-refractivity contribution in [3.8, 4) is 0 Å². The van der Waals surface area contributed by atoms with Gasteiger partial charge >= 0.3 is 0 Å². The number of nitrogens with zero attached hydrogens (tertiary/aromatic N) is 1. The van der Waals surface area contributed by atoms with Crippen LogP contribution in [0.25, 0.3) is 0 Å². The predicted molar refractivity (Wildman–Crippen MR) is 60.7 cm³/mol. The Morgan fingerprint density at radius 1 is 1.44 bits per heavy atom. The minimum atomic E-state index is -0.710. The fraction of sp³-hybridized carbons (Fsp3) is 0.667. The van der Waals surface area contributed by atoms with Crippen LogP contribution in [0.15, 0.2) is 12.2 Å². The Labute approximate surface area is 95.7 Å². The lowest BCUT2D eigenvalue weighted by Gasteiger charge is -2.42. The van der Waals surface area contributed by atoms with Crippen molar-refractivity contribution < 1.29 is 9.59 Å². The van der Waals surface area contributed by atoms with Gasteiger partial charge in [0.1, 0.15) is 5.54 Å². The van der Waals surface area contributed by atoms with Crippen molar-refractivity contribution in [3.05, 3.63) is 12.2 Å². The monoisotopic (exact) mass is 222 g/mol. The number of carbonyl (C=O) groups excluding carboxylic acids is 2. The van der Waals surface area contributed by atoms with E-state index < -0.39 is 5.54 Å². The Hall–Kier alpha value is -1.32. The summed E-state index contributed by atoms with van der Waals surface area (Å²) in [4.78, 5) is 25.7. The molecule has 88 valence electrons. The maximum Gasteiger partial charge on any atom is 0.245 e. The summed E-state index contributed by atoms with van der Waals surface area (Å²) < 4.78 is 0. The minimum Gasteiger partial charge on any atom is -0.352 e. The van der Waals surface area contributed by atoms with Crippen molar-refractivity contribution in [2.45, 2.75) is 32.2 Å². The Bertz CT molecular complexity index is 339. The average Bonchev–Trinajstić information content (AvgIpc) is 2.74. The van der Waals surface area contributed by atoms with Crippen LogP contribution in [0.2, 0.25) is 0 Å². The van der Waals surface area contributed by atoms with E-state index in [1.54, 1.807) is 4.90 Å². The zero-order chi connectivity index (χ0) is 11.8. The molecule has 1 heterocycles. The fourth-order valence-electron chi connectivity index (χ4n) is 2.32. The van der Waals surface area contributed by atoms with Gasteiger partial charge in [0.2, 0.25) is 11.8 Å². The highest BCUT2D eigenvalue weighted by atomic mass is 16.2. The van der Waals surface area contributed by atoms with Crippen LogP contribution in [0.4, 0.5) is 0 Å². The molecule has 0 spiro atoms. The van der Waals surface area contributed by atoms with Crippen LogP contribution in [0.1, 0.15) is 26.7 Å². The summed E-state index contributed by atoms with van der Waals surface area (Å²) in [5.74, 6) is 0.105. The first-order chi connectivity index (χ1) is 7.53. The van der Waals surface area contributed by atoms with Gasteiger partial charge in [0.15, 0.2) is 0 Å². The number of hydrogen-bond acceptors (Lipinski definition) is 2. The molecule has 2 amide bonds. The van der Waals surface area contributed by atoms with Crippen molar-refractivity contribution in [2.75, 3.05) is 13.1 Å². The Morgan fingerprint density at radius 2 is 2.06 bits per heavy atom. The molecule has 0 saturated carbocycles. The van der Waals surface area contributed by atoms with Crippen molar-refractivity contribution in [1.29, 1.82) is 0 Å². The first-order valence-electron chi connectivity index (χ1n) is 5.78. The molecular weight excluding hydrogens is 204 g/mol. The minimum absolute atomic E-state index is 0.0465. The highest BCUT2D eigenvalue weighted by Crippen LogP contribution is 2.26. The number of rotatable bonds is 1. The van der Waals surface area contributed by atoms with Gasteiger partial charge < -0.3 is 10.2 Å². The number of carbonyl (C=O) groups is 2. The maximum atomic E-state index is 12.3. The van der Waals surface area contributed by atoms with Crippen molar-refractivity contribution in [1.82, 2.24) is 10.2 Å². The van der Waals surface area contributed by atoms with E-state index in [0.29, 0.717) is 13.1 Å². The molecule has 1 aliphatic heterocycles. The van der Waals surface area contributed by atoms with Gasteiger partial charge in [-0.1, -0.05) is 12.2 Å². The zero-order valence-electron chi connectivity index (χ0n) is 9.82. The van der Waals surface area contributed by atoms with Crippen LogP contribution in [0, 0.1) is 5.92 Å². The van der Waals surface area contributed by atoms with Crippen LogP contribution >= 0.6 is 0 Å². The quantitative estimate of drug-likeness (QED) is 0.664. The van der Waals surface area contributed by atoms with Gasteiger partial charge in [0.25, 0.3) is 0 Å². The molecule has 4 nitrogen and oxygen atoms in total. The summed E-state index contributed by atoms with van der Waals surface area (Å²) in [5.41, 5.74) is -0.710. The van der Waals surface area contributed by atoms with Crippen molar-refractivity contribution >= 4 is 11.8 Å². The molecule has 0 bridgehead atoms. The van der Waals surface area contributed by atoms with Gasteiger partial charge in [-0.15, -0.1) is 0 Å². The SMILES string of the molecule is CC1(C)C(=O)NCCN1C(=O)C1CC=CC1. The van der Waals surface area contributed by atoms with E-state index in [-0.39, 0.29) is 17.7 Å². The van der Waals surface area contributed by atoms with Crippen LogP contribution < -0.4 is 5.32 Å².